The molecule has 6 nitrogen and oxygen atoms in total. The van der Waals surface area contributed by atoms with Crippen molar-refractivity contribution in [1.82, 2.24) is 9.55 Å². The molecule has 0 amide bonds. The van der Waals surface area contributed by atoms with Gasteiger partial charge in [0.15, 0.2) is 5.76 Å². The van der Waals surface area contributed by atoms with Crippen molar-refractivity contribution in [3.63, 3.8) is 0 Å². The maximum absolute atomic E-state index is 13.4. The standard InChI is InChI=1S/C25H19N3O3/c26-19-9-10-22-21(14-19)23(29)25(30-15-17-5-2-1-3-6-17)24(31-22)18-7-4-8-20(13-18)28-12-11-27-16-28/h1-14,16H,15,26H2. The molecule has 0 atom stereocenters. The van der Waals surface area contributed by atoms with Crippen LogP contribution in [0.1, 0.15) is 5.56 Å². The van der Waals surface area contributed by atoms with Gasteiger partial charge in [-0.3, -0.25) is 4.79 Å². The molecule has 2 aromatic heterocycles. The van der Waals surface area contributed by atoms with Gasteiger partial charge in [-0.1, -0.05) is 42.5 Å². The van der Waals surface area contributed by atoms with Crippen molar-refractivity contribution in [2.75, 3.05) is 5.73 Å². The molecule has 2 heterocycles. The second-order valence-electron chi connectivity index (χ2n) is 7.14. The van der Waals surface area contributed by atoms with Gasteiger partial charge in [0.1, 0.15) is 12.2 Å². The second kappa shape index (κ2) is 7.84. The summed E-state index contributed by atoms with van der Waals surface area (Å²) in [6.07, 6.45) is 5.28. The molecule has 0 bridgehead atoms. The number of nitrogen functional groups attached to an aromatic ring is 1. The molecular formula is C25H19N3O3. The average Bonchev–Trinajstić information content (AvgIpc) is 3.35. The van der Waals surface area contributed by atoms with Gasteiger partial charge in [-0.2, -0.15) is 0 Å². The zero-order chi connectivity index (χ0) is 21.2. The molecule has 0 unspecified atom stereocenters. The molecule has 6 heteroatoms. The van der Waals surface area contributed by atoms with Crippen LogP contribution in [0.15, 0.2) is 101 Å². The molecule has 0 aliphatic carbocycles. The summed E-state index contributed by atoms with van der Waals surface area (Å²) in [5, 5.41) is 0.387. The Morgan fingerprint density at radius 1 is 1.00 bits per heavy atom. The smallest absolute Gasteiger partial charge is 0.235 e. The van der Waals surface area contributed by atoms with Crippen molar-refractivity contribution in [3.8, 4) is 22.8 Å². The lowest BCUT2D eigenvalue weighted by Gasteiger charge is -2.13. The van der Waals surface area contributed by atoms with Crippen LogP contribution < -0.4 is 15.9 Å². The quantitative estimate of drug-likeness (QED) is 0.421. The number of ether oxygens (including phenoxy) is 1. The van der Waals surface area contributed by atoms with Crippen molar-refractivity contribution in [2.45, 2.75) is 6.61 Å². The number of aromatic nitrogens is 2. The third-order valence-electron chi connectivity index (χ3n) is 5.01. The van der Waals surface area contributed by atoms with E-state index < -0.39 is 0 Å². The molecule has 5 aromatic rings. The van der Waals surface area contributed by atoms with E-state index >= 15 is 0 Å². The average molecular weight is 409 g/mol. The number of hydrogen-bond acceptors (Lipinski definition) is 5. The van der Waals surface area contributed by atoms with Gasteiger partial charge in [0.2, 0.25) is 11.2 Å². The maximum atomic E-state index is 13.4. The second-order valence-corrected chi connectivity index (χ2v) is 7.14. The first-order chi connectivity index (χ1) is 15.2. The first-order valence-corrected chi connectivity index (χ1v) is 9.81. The topological polar surface area (TPSA) is 83.3 Å². The molecule has 5 rings (SSSR count). The van der Waals surface area contributed by atoms with E-state index in [9.17, 15) is 4.79 Å². The van der Waals surface area contributed by atoms with E-state index in [0.29, 0.717) is 22.4 Å². The normalized spacial score (nSPS) is 11.0. The van der Waals surface area contributed by atoms with E-state index in [-0.39, 0.29) is 17.8 Å². The third-order valence-corrected chi connectivity index (χ3v) is 5.01. The van der Waals surface area contributed by atoms with Crippen LogP contribution in [0.4, 0.5) is 5.69 Å². The maximum Gasteiger partial charge on any atom is 0.235 e. The fourth-order valence-electron chi connectivity index (χ4n) is 3.47. The van der Waals surface area contributed by atoms with Crippen LogP contribution in [0.2, 0.25) is 0 Å². The number of anilines is 1. The molecule has 0 radical (unpaired) electrons. The summed E-state index contributed by atoms with van der Waals surface area (Å²) in [6.45, 7) is 0.244. The number of nitrogens with two attached hydrogens (primary N) is 1. The molecule has 0 spiro atoms. The first-order valence-electron chi connectivity index (χ1n) is 9.81. The number of benzene rings is 3. The van der Waals surface area contributed by atoms with Crippen molar-refractivity contribution in [2.24, 2.45) is 0 Å². The van der Waals surface area contributed by atoms with Crippen molar-refractivity contribution in [3.05, 3.63) is 107 Å². The van der Waals surface area contributed by atoms with Crippen molar-refractivity contribution in [1.29, 1.82) is 0 Å². The van der Waals surface area contributed by atoms with Gasteiger partial charge in [0, 0.05) is 29.3 Å². The van der Waals surface area contributed by atoms with E-state index in [1.807, 2.05) is 65.4 Å². The van der Waals surface area contributed by atoms with Crippen LogP contribution in [-0.2, 0) is 6.61 Å². The first kappa shape index (κ1) is 18.7. The summed E-state index contributed by atoms with van der Waals surface area (Å²) in [5.74, 6) is 0.532. The van der Waals surface area contributed by atoms with Crippen LogP contribution in [0, 0.1) is 0 Å². The lowest BCUT2D eigenvalue weighted by Crippen LogP contribution is -2.10. The monoisotopic (exact) mass is 409 g/mol. The molecule has 0 aliphatic rings. The molecule has 0 saturated carbocycles. The largest absolute Gasteiger partial charge is 0.481 e. The predicted octanol–water partition coefficient (Wildman–Crippen LogP) is 4.81. The van der Waals surface area contributed by atoms with Gasteiger partial charge in [0.05, 0.1) is 11.7 Å². The summed E-state index contributed by atoms with van der Waals surface area (Å²) in [5.41, 5.74) is 9.16. The summed E-state index contributed by atoms with van der Waals surface area (Å²) in [4.78, 5) is 17.5. The highest BCUT2D eigenvalue weighted by Crippen LogP contribution is 2.33. The number of fused-ring (bicyclic) bond motifs is 1. The number of imidazole rings is 1. The zero-order valence-electron chi connectivity index (χ0n) is 16.6. The van der Waals surface area contributed by atoms with E-state index in [4.69, 9.17) is 14.9 Å². The number of nitrogens with zero attached hydrogens (tertiary/aromatic N) is 2. The molecule has 2 N–H and O–H groups in total. The minimum absolute atomic E-state index is 0.157. The van der Waals surface area contributed by atoms with Crippen LogP contribution in [0.5, 0.6) is 5.75 Å². The Hall–Kier alpha value is -4.32. The van der Waals surface area contributed by atoms with Crippen LogP contribution in [0.25, 0.3) is 28.0 Å². The molecule has 0 fully saturated rings. The van der Waals surface area contributed by atoms with Gasteiger partial charge >= 0.3 is 0 Å². The van der Waals surface area contributed by atoms with Crippen molar-refractivity contribution < 1.29 is 9.15 Å². The fourth-order valence-corrected chi connectivity index (χ4v) is 3.47. The van der Waals surface area contributed by atoms with Gasteiger partial charge in [-0.15, -0.1) is 0 Å². The Bertz CT molecular complexity index is 1410. The van der Waals surface area contributed by atoms with Gasteiger partial charge in [0.25, 0.3) is 0 Å². The van der Waals surface area contributed by atoms with Gasteiger partial charge in [-0.25, -0.2) is 4.98 Å². The number of hydrogen-bond donors (Lipinski definition) is 1. The summed E-state index contributed by atoms with van der Waals surface area (Å²) < 4.78 is 14.1. The Balaban J connectivity index is 1.66. The summed E-state index contributed by atoms with van der Waals surface area (Å²) >= 11 is 0. The predicted molar refractivity (Wildman–Crippen MR) is 120 cm³/mol. The van der Waals surface area contributed by atoms with E-state index in [2.05, 4.69) is 4.98 Å². The summed E-state index contributed by atoms with van der Waals surface area (Å²) in [6, 6.07) is 22.4. The van der Waals surface area contributed by atoms with E-state index in [0.717, 1.165) is 16.8 Å². The minimum Gasteiger partial charge on any atom is -0.481 e. The van der Waals surface area contributed by atoms with Gasteiger partial charge in [-0.05, 0) is 35.9 Å². The van der Waals surface area contributed by atoms with E-state index in [1.54, 1.807) is 30.7 Å². The van der Waals surface area contributed by atoms with Crippen LogP contribution in [-0.4, -0.2) is 9.55 Å². The zero-order valence-corrected chi connectivity index (χ0v) is 16.6. The Labute approximate surface area is 178 Å². The highest BCUT2D eigenvalue weighted by atomic mass is 16.5. The molecule has 0 saturated heterocycles. The van der Waals surface area contributed by atoms with Gasteiger partial charge < -0.3 is 19.5 Å². The highest BCUT2D eigenvalue weighted by Gasteiger charge is 2.19. The van der Waals surface area contributed by atoms with E-state index in [1.165, 1.54) is 0 Å². The molecule has 3 aromatic carbocycles. The third kappa shape index (κ3) is 3.67. The lowest BCUT2D eigenvalue weighted by molar-refractivity contribution is 0.298. The molecule has 31 heavy (non-hydrogen) atoms. The van der Waals surface area contributed by atoms with Crippen LogP contribution in [0.3, 0.4) is 0 Å². The molecule has 0 aliphatic heterocycles. The Morgan fingerprint density at radius 3 is 2.68 bits per heavy atom. The Kier molecular flexibility index (Phi) is 4.72. The Morgan fingerprint density at radius 2 is 1.87 bits per heavy atom. The van der Waals surface area contributed by atoms with Crippen LogP contribution >= 0.6 is 0 Å². The highest BCUT2D eigenvalue weighted by molar-refractivity contribution is 5.84. The lowest BCUT2D eigenvalue weighted by atomic mass is 10.1. The summed E-state index contributed by atoms with van der Waals surface area (Å²) in [7, 11) is 0. The minimum atomic E-state index is -0.257. The SMILES string of the molecule is Nc1ccc2oc(-c3cccc(-n4ccnc4)c3)c(OCc3ccccc3)c(=O)c2c1. The molecular weight excluding hydrogens is 390 g/mol. The van der Waals surface area contributed by atoms with Crippen molar-refractivity contribution >= 4 is 16.7 Å². The fraction of sp³-hybridized carbons (Fsp3) is 0.0400. The number of rotatable bonds is 5. The molecule has 152 valence electrons.